The molecule has 0 spiro atoms. The number of hydrogen-bond donors (Lipinski definition) is 3. The Morgan fingerprint density at radius 3 is 3.00 bits per heavy atom. The van der Waals surface area contributed by atoms with Crippen LogP contribution in [0.25, 0.3) is 0 Å². The topological polar surface area (TPSA) is 75.4 Å². The summed E-state index contributed by atoms with van der Waals surface area (Å²) in [4.78, 5) is 11.8. The molecule has 4 nitrogen and oxygen atoms in total. The molecule has 1 amide bonds. The number of carbonyl (C=O) groups excluding carboxylic acids is 1. The summed E-state index contributed by atoms with van der Waals surface area (Å²) in [5, 5.41) is 12.9. The van der Waals surface area contributed by atoms with Crippen molar-refractivity contribution in [3.05, 3.63) is 35.4 Å². The van der Waals surface area contributed by atoms with Gasteiger partial charge in [-0.2, -0.15) is 0 Å². The Morgan fingerprint density at radius 1 is 1.56 bits per heavy atom. The highest BCUT2D eigenvalue weighted by atomic mass is 16.3. The Hall–Kier alpha value is -1.39. The summed E-state index contributed by atoms with van der Waals surface area (Å²) < 4.78 is 0. The van der Waals surface area contributed by atoms with E-state index in [1.54, 1.807) is 0 Å². The number of benzene rings is 1. The number of aliphatic hydroxyl groups excluding tert-OH is 1. The zero-order chi connectivity index (χ0) is 13.1. The maximum atomic E-state index is 11.8. The summed E-state index contributed by atoms with van der Waals surface area (Å²) >= 11 is 0. The first-order chi connectivity index (χ1) is 8.61. The van der Waals surface area contributed by atoms with E-state index in [-0.39, 0.29) is 18.0 Å². The first kappa shape index (κ1) is 13.1. The maximum Gasteiger partial charge on any atom is 0.222 e. The molecule has 2 rings (SSSR count). The molecule has 18 heavy (non-hydrogen) atoms. The van der Waals surface area contributed by atoms with Gasteiger partial charge in [0.1, 0.15) is 0 Å². The fraction of sp³-hybridized carbons (Fsp3) is 0.500. The summed E-state index contributed by atoms with van der Waals surface area (Å²) in [5.41, 5.74) is 7.88. The number of nitrogens with two attached hydrogens (primary N) is 1. The van der Waals surface area contributed by atoms with Crippen molar-refractivity contribution >= 4 is 5.91 Å². The molecule has 1 aliphatic rings. The molecule has 0 aromatic heterocycles. The van der Waals surface area contributed by atoms with E-state index in [0.29, 0.717) is 12.8 Å². The SMILES string of the molecule is CCC(N)CC(=O)N[C@@H]1c2ccccc2C[C@@H]1O. The molecule has 0 saturated heterocycles. The molecule has 3 atom stereocenters. The third-order valence-electron chi connectivity index (χ3n) is 3.49. The molecule has 4 heteroatoms. The first-order valence-corrected chi connectivity index (χ1v) is 6.42. The van der Waals surface area contributed by atoms with Crippen LogP contribution in [0.4, 0.5) is 0 Å². The van der Waals surface area contributed by atoms with E-state index in [4.69, 9.17) is 5.73 Å². The van der Waals surface area contributed by atoms with Gasteiger partial charge in [0.15, 0.2) is 0 Å². The average molecular weight is 248 g/mol. The molecular weight excluding hydrogens is 228 g/mol. The van der Waals surface area contributed by atoms with Gasteiger partial charge in [-0.1, -0.05) is 31.2 Å². The Balaban J connectivity index is 2.03. The van der Waals surface area contributed by atoms with Crippen molar-refractivity contribution in [1.82, 2.24) is 5.32 Å². The molecule has 1 unspecified atom stereocenters. The first-order valence-electron chi connectivity index (χ1n) is 6.42. The van der Waals surface area contributed by atoms with Crippen molar-refractivity contribution < 1.29 is 9.90 Å². The van der Waals surface area contributed by atoms with Crippen LogP contribution in [0.5, 0.6) is 0 Å². The highest BCUT2D eigenvalue weighted by Crippen LogP contribution is 2.31. The third kappa shape index (κ3) is 2.71. The number of amides is 1. The largest absolute Gasteiger partial charge is 0.390 e. The zero-order valence-corrected chi connectivity index (χ0v) is 10.6. The number of rotatable bonds is 4. The van der Waals surface area contributed by atoms with E-state index in [2.05, 4.69) is 5.32 Å². The quantitative estimate of drug-likeness (QED) is 0.740. The second-order valence-electron chi connectivity index (χ2n) is 4.89. The van der Waals surface area contributed by atoms with Crippen LogP contribution in [0.3, 0.4) is 0 Å². The molecule has 0 bridgehead atoms. The van der Waals surface area contributed by atoms with E-state index in [9.17, 15) is 9.90 Å². The number of hydrogen-bond acceptors (Lipinski definition) is 3. The lowest BCUT2D eigenvalue weighted by Crippen LogP contribution is -2.37. The minimum Gasteiger partial charge on any atom is -0.390 e. The highest BCUT2D eigenvalue weighted by molar-refractivity contribution is 5.77. The smallest absolute Gasteiger partial charge is 0.222 e. The van der Waals surface area contributed by atoms with Crippen molar-refractivity contribution in [2.45, 2.75) is 44.4 Å². The van der Waals surface area contributed by atoms with E-state index < -0.39 is 6.10 Å². The molecule has 0 saturated carbocycles. The second kappa shape index (κ2) is 5.50. The molecule has 1 aromatic rings. The molecule has 0 radical (unpaired) electrons. The predicted octanol–water partition coefficient (Wildman–Crippen LogP) is 0.888. The lowest BCUT2D eigenvalue weighted by atomic mass is 10.1. The van der Waals surface area contributed by atoms with Crippen LogP contribution in [-0.2, 0) is 11.2 Å². The van der Waals surface area contributed by atoms with Crippen molar-refractivity contribution in [3.8, 4) is 0 Å². The van der Waals surface area contributed by atoms with Crippen LogP contribution < -0.4 is 11.1 Å². The second-order valence-corrected chi connectivity index (χ2v) is 4.89. The molecule has 0 fully saturated rings. The Labute approximate surface area is 107 Å². The predicted molar refractivity (Wildman–Crippen MR) is 69.9 cm³/mol. The van der Waals surface area contributed by atoms with Gasteiger partial charge in [0.25, 0.3) is 0 Å². The molecule has 0 heterocycles. The van der Waals surface area contributed by atoms with E-state index in [1.165, 1.54) is 0 Å². The lowest BCUT2D eigenvalue weighted by Gasteiger charge is -2.19. The van der Waals surface area contributed by atoms with Gasteiger partial charge in [-0.3, -0.25) is 4.79 Å². The number of fused-ring (bicyclic) bond motifs is 1. The van der Waals surface area contributed by atoms with Gasteiger partial charge in [0.05, 0.1) is 12.1 Å². The maximum absolute atomic E-state index is 11.8. The van der Waals surface area contributed by atoms with E-state index in [0.717, 1.165) is 17.5 Å². The average Bonchev–Trinajstić information content (AvgIpc) is 2.66. The summed E-state index contributed by atoms with van der Waals surface area (Å²) in [6.45, 7) is 1.96. The van der Waals surface area contributed by atoms with Gasteiger partial charge in [-0.15, -0.1) is 0 Å². The summed E-state index contributed by atoms with van der Waals surface area (Å²) in [6, 6.07) is 7.41. The van der Waals surface area contributed by atoms with Gasteiger partial charge in [-0.05, 0) is 17.5 Å². The van der Waals surface area contributed by atoms with E-state index in [1.807, 2.05) is 31.2 Å². The summed E-state index contributed by atoms with van der Waals surface area (Å²) in [6.07, 6.45) is 1.14. The number of aliphatic hydroxyl groups is 1. The van der Waals surface area contributed by atoms with E-state index >= 15 is 0 Å². The van der Waals surface area contributed by atoms with Crippen molar-refractivity contribution in [3.63, 3.8) is 0 Å². The summed E-state index contributed by atoms with van der Waals surface area (Å²) in [5.74, 6) is -0.0925. The molecule has 0 aliphatic heterocycles. The van der Waals surface area contributed by atoms with Crippen LogP contribution in [0.2, 0.25) is 0 Å². The summed E-state index contributed by atoms with van der Waals surface area (Å²) in [7, 11) is 0. The van der Waals surface area contributed by atoms with Crippen molar-refractivity contribution in [1.29, 1.82) is 0 Å². The number of carbonyl (C=O) groups is 1. The Bertz CT molecular complexity index is 434. The fourth-order valence-electron chi connectivity index (χ4n) is 2.36. The van der Waals surface area contributed by atoms with Crippen LogP contribution in [0, 0.1) is 0 Å². The Morgan fingerprint density at radius 2 is 2.28 bits per heavy atom. The van der Waals surface area contributed by atoms with Gasteiger partial charge in [-0.25, -0.2) is 0 Å². The molecule has 98 valence electrons. The normalized spacial score (nSPS) is 23.5. The number of nitrogens with one attached hydrogen (secondary N) is 1. The third-order valence-corrected chi connectivity index (χ3v) is 3.49. The lowest BCUT2D eigenvalue weighted by molar-refractivity contribution is -0.122. The van der Waals surface area contributed by atoms with Crippen molar-refractivity contribution in [2.75, 3.05) is 0 Å². The minimum absolute atomic E-state index is 0.0925. The van der Waals surface area contributed by atoms with Gasteiger partial charge < -0.3 is 16.2 Å². The zero-order valence-electron chi connectivity index (χ0n) is 10.6. The highest BCUT2D eigenvalue weighted by Gasteiger charge is 2.31. The molecular formula is C14H20N2O2. The molecule has 4 N–H and O–H groups in total. The molecule has 1 aliphatic carbocycles. The Kier molecular flexibility index (Phi) is 3.99. The van der Waals surface area contributed by atoms with Crippen LogP contribution in [-0.4, -0.2) is 23.2 Å². The van der Waals surface area contributed by atoms with Crippen molar-refractivity contribution in [2.24, 2.45) is 5.73 Å². The monoisotopic (exact) mass is 248 g/mol. The van der Waals surface area contributed by atoms with Crippen LogP contribution in [0.15, 0.2) is 24.3 Å². The van der Waals surface area contributed by atoms with Gasteiger partial charge >= 0.3 is 0 Å². The molecule has 1 aromatic carbocycles. The van der Waals surface area contributed by atoms with Crippen LogP contribution >= 0.6 is 0 Å². The standard InChI is InChI=1S/C14H20N2O2/c1-2-10(15)8-13(18)16-14-11-6-4-3-5-9(11)7-12(14)17/h3-6,10,12,14,17H,2,7-8,15H2,1H3,(H,16,18)/t10?,12-,14+/m0/s1. The van der Waals surface area contributed by atoms with Gasteiger partial charge in [0.2, 0.25) is 5.91 Å². The van der Waals surface area contributed by atoms with Gasteiger partial charge in [0, 0.05) is 18.9 Å². The fourth-order valence-corrected chi connectivity index (χ4v) is 2.36. The van der Waals surface area contributed by atoms with Crippen LogP contribution in [0.1, 0.15) is 36.9 Å². The minimum atomic E-state index is -0.538.